The quantitative estimate of drug-likeness (QED) is 0.330. The van der Waals surface area contributed by atoms with Crippen LogP contribution in [-0.4, -0.2) is 11.5 Å². The zero-order valence-electron chi connectivity index (χ0n) is 13.1. The molecule has 0 radical (unpaired) electrons. The van der Waals surface area contributed by atoms with Crippen LogP contribution in [0.2, 0.25) is 0 Å². The van der Waals surface area contributed by atoms with Crippen molar-refractivity contribution in [1.29, 1.82) is 0 Å². The van der Waals surface area contributed by atoms with Gasteiger partial charge in [0.2, 0.25) is 0 Å². The molecular weight excluding hydrogens is 293 g/mol. The molecule has 0 heterocycles. The van der Waals surface area contributed by atoms with Crippen LogP contribution in [-0.2, 0) is 0 Å². The highest BCUT2D eigenvalue weighted by molar-refractivity contribution is 6.06. The molecule has 2 aromatic carbocycles. The Hall–Kier alpha value is -2.75. The minimum absolute atomic E-state index is 0.173. The van der Waals surface area contributed by atoms with Gasteiger partial charge in [-0.3, -0.25) is 4.79 Å². The standard InChI is InChI=1S/C19H18FNO2/c1-3-14(2)21-23-18-11-4-15(5-12-18)6-13-19(22)16-7-9-17(20)10-8-16/h4-13H,3H2,1-2H3/b13-6+,21-14+. The number of oxime groups is 1. The molecule has 0 unspecified atom stereocenters. The van der Waals surface area contributed by atoms with E-state index in [1.807, 2.05) is 26.0 Å². The summed E-state index contributed by atoms with van der Waals surface area (Å²) in [5.41, 5.74) is 2.23. The Balaban J connectivity index is 2.00. The molecule has 2 aromatic rings. The molecule has 0 atom stereocenters. The molecule has 0 aromatic heterocycles. The van der Waals surface area contributed by atoms with Gasteiger partial charge in [0.15, 0.2) is 11.5 Å². The fourth-order valence-corrected chi connectivity index (χ4v) is 1.72. The summed E-state index contributed by atoms with van der Waals surface area (Å²) in [5.74, 6) is 0.107. The van der Waals surface area contributed by atoms with Crippen molar-refractivity contribution in [2.75, 3.05) is 0 Å². The molecule has 0 saturated carbocycles. The van der Waals surface area contributed by atoms with Crippen molar-refractivity contribution in [3.05, 3.63) is 71.6 Å². The molecule has 0 aliphatic heterocycles. The van der Waals surface area contributed by atoms with Crippen molar-refractivity contribution < 1.29 is 14.0 Å². The van der Waals surface area contributed by atoms with Crippen LogP contribution >= 0.6 is 0 Å². The van der Waals surface area contributed by atoms with Crippen LogP contribution in [0.3, 0.4) is 0 Å². The highest BCUT2D eigenvalue weighted by Crippen LogP contribution is 2.14. The van der Waals surface area contributed by atoms with Gasteiger partial charge in [-0.15, -0.1) is 0 Å². The van der Waals surface area contributed by atoms with Crippen molar-refractivity contribution in [1.82, 2.24) is 0 Å². The minimum Gasteiger partial charge on any atom is -0.357 e. The van der Waals surface area contributed by atoms with Gasteiger partial charge < -0.3 is 4.84 Å². The number of carbonyl (C=O) groups is 1. The number of halogens is 1. The van der Waals surface area contributed by atoms with E-state index in [1.165, 1.54) is 30.3 Å². The maximum Gasteiger partial charge on any atom is 0.185 e. The topological polar surface area (TPSA) is 38.7 Å². The molecule has 0 spiro atoms. The average Bonchev–Trinajstić information content (AvgIpc) is 2.59. The molecule has 23 heavy (non-hydrogen) atoms. The molecule has 4 heteroatoms. The third-order valence-electron chi connectivity index (χ3n) is 3.25. The zero-order chi connectivity index (χ0) is 16.7. The predicted octanol–water partition coefficient (Wildman–Crippen LogP) is 4.89. The van der Waals surface area contributed by atoms with Crippen LogP contribution in [0.25, 0.3) is 6.08 Å². The SMILES string of the molecule is CC/C(C)=N/Oc1ccc(/C=C/C(=O)c2ccc(F)cc2)cc1. The van der Waals surface area contributed by atoms with Crippen LogP contribution in [0, 0.1) is 5.82 Å². The van der Waals surface area contributed by atoms with E-state index in [1.54, 1.807) is 18.2 Å². The molecule has 0 amide bonds. The molecule has 0 saturated heterocycles. The van der Waals surface area contributed by atoms with E-state index in [4.69, 9.17) is 4.84 Å². The second-order valence-electron chi connectivity index (χ2n) is 5.04. The van der Waals surface area contributed by atoms with E-state index in [0.717, 1.165) is 17.7 Å². The Morgan fingerprint density at radius 2 is 1.78 bits per heavy atom. The van der Waals surface area contributed by atoms with Crippen LogP contribution < -0.4 is 4.84 Å². The van der Waals surface area contributed by atoms with Gasteiger partial charge in [0.25, 0.3) is 0 Å². The van der Waals surface area contributed by atoms with Gasteiger partial charge in [-0.05, 0) is 61.4 Å². The van der Waals surface area contributed by atoms with Crippen molar-refractivity contribution in [2.45, 2.75) is 20.3 Å². The predicted molar refractivity (Wildman–Crippen MR) is 90.2 cm³/mol. The molecule has 118 valence electrons. The molecule has 0 bridgehead atoms. The monoisotopic (exact) mass is 311 g/mol. The smallest absolute Gasteiger partial charge is 0.185 e. The number of ketones is 1. The fourth-order valence-electron chi connectivity index (χ4n) is 1.72. The number of allylic oxidation sites excluding steroid dienone is 1. The molecule has 0 fully saturated rings. The summed E-state index contributed by atoms with van der Waals surface area (Å²) in [6, 6.07) is 12.7. The summed E-state index contributed by atoms with van der Waals surface area (Å²) < 4.78 is 12.8. The van der Waals surface area contributed by atoms with Crippen molar-refractivity contribution in [3.8, 4) is 5.75 Å². The Labute approximate surface area is 135 Å². The number of nitrogens with zero attached hydrogens (tertiary/aromatic N) is 1. The van der Waals surface area contributed by atoms with E-state index >= 15 is 0 Å². The second kappa shape index (κ2) is 8.03. The van der Waals surface area contributed by atoms with Crippen molar-refractivity contribution in [3.63, 3.8) is 0 Å². The number of rotatable bonds is 6. The minimum atomic E-state index is -0.359. The molecule has 2 rings (SSSR count). The Morgan fingerprint density at radius 1 is 1.13 bits per heavy atom. The normalized spacial score (nSPS) is 11.7. The van der Waals surface area contributed by atoms with E-state index in [2.05, 4.69) is 5.16 Å². The van der Waals surface area contributed by atoms with Gasteiger partial charge in [-0.1, -0.05) is 30.3 Å². The molecule has 0 aliphatic rings. The maximum atomic E-state index is 12.8. The lowest BCUT2D eigenvalue weighted by molar-refractivity contribution is 0.104. The van der Waals surface area contributed by atoms with Gasteiger partial charge in [-0.25, -0.2) is 4.39 Å². The highest BCUT2D eigenvalue weighted by atomic mass is 19.1. The highest BCUT2D eigenvalue weighted by Gasteiger charge is 2.01. The first-order valence-electron chi connectivity index (χ1n) is 7.37. The summed E-state index contributed by atoms with van der Waals surface area (Å²) >= 11 is 0. The Bertz CT molecular complexity index is 716. The van der Waals surface area contributed by atoms with Gasteiger partial charge in [0.1, 0.15) is 5.82 Å². The first-order valence-corrected chi connectivity index (χ1v) is 7.37. The lowest BCUT2D eigenvalue weighted by Crippen LogP contribution is -1.94. The van der Waals surface area contributed by atoms with Gasteiger partial charge in [0.05, 0.1) is 5.71 Å². The Morgan fingerprint density at radius 3 is 2.39 bits per heavy atom. The third-order valence-corrected chi connectivity index (χ3v) is 3.25. The molecule has 3 nitrogen and oxygen atoms in total. The summed E-state index contributed by atoms with van der Waals surface area (Å²) in [6.45, 7) is 3.91. The number of benzene rings is 2. The first-order chi connectivity index (χ1) is 11.1. The van der Waals surface area contributed by atoms with Gasteiger partial charge >= 0.3 is 0 Å². The van der Waals surface area contributed by atoms with Crippen LogP contribution in [0.5, 0.6) is 5.75 Å². The summed E-state index contributed by atoms with van der Waals surface area (Å²) in [7, 11) is 0. The lowest BCUT2D eigenvalue weighted by Gasteiger charge is -2.00. The van der Waals surface area contributed by atoms with Crippen molar-refractivity contribution in [2.24, 2.45) is 5.16 Å². The lowest BCUT2D eigenvalue weighted by atomic mass is 10.1. The third kappa shape index (κ3) is 5.18. The Kier molecular flexibility index (Phi) is 5.80. The summed E-state index contributed by atoms with van der Waals surface area (Å²) in [5, 5.41) is 3.98. The van der Waals surface area contributed by atoms with Crippen molar-refractivity contribution >= 4 is 17.6 Å². The van der Waals surface area contributed by atoms with E-state index in [9.17, 15) is 9.18 Å². The van der Waals surface area contributed by atoms with Crippen LogP contribution in [0.1, 0.15) is 36.2 Å². The molecular formula is C19H18FNO2. The molecule has 0 aliphatic carbocycles. The second-order valence-corrected chi connectivity index (χ2v) is 5.04. The van der Waals surface area contributed by atoms with Crippen LogP contribution in [0.4, 0.5) is 4.39 Å². The fraction of sp³-hybridized carbons (Fsp3) is 0.158. The first kappa shape index (κ1) is 16.6. The maximum absolute atomic E-state index is 12.8. The largest absolute Gasteiger partial charge is 0.357 e. The van der Waals surface area contributed by atoms with Gasteiger partial charge in [0, 0.05) is 5.56 Å². The van der Waals surface area contributed by atoms with E-state index in [0.29, 0.717) is 11.3 Å². The molecule has 0 N–H and O–H groups in total. The number of hydrogen-bond donors (Lipinski definition) is 0. The summed E-state index contributed by atoms with van der Waals surface area (Å²) in [4.78, 5) is 17.2. The zero-order valence-corrected chi connectivity index (χ0v) is 13.1. The van der Waals surface area contributed by atoms with Crippen LogP contribution in [0.15, 0.2) is 59.8 Å². The summed E-state index contributed by atoms with van der Waals surface area (Å²) in [6.07, 6.45) is 4.00. The number of hydrogen-bond acceptors (Lipinski definition) is 3. The number of carbonyl (C=O) groups excluding carboxylic acids is 1. The van der Waals surface area contributed by atoms with E-state index < -0.39 is 0 Å². The average molecular weight is 311 g/mol. The van der Waals surface area contributed by atoms with Gasteiger partial charge in [-0.2, -0.15) is 0 Å². The van der Waals surface area contributed by atoms with E-state index in [-0.39, 0.29) is 11.6 Å².